The standard InChI is InChI=1S/C14H23NO5/c1-4-20-14(19)11-5-7-15(8-6-11)12(16)9(2)10(3)13(17)18/h9-11H,4-8H2,1-3H3,(H,17,18). The summed E-state index contributed by atoms with van der Waals surface area (Å²) in [6.45, 7) is 6.28. The van der Waals surface area contributed by atoms with Gasteiger partial charge in [-0.25, -0.2) is 0 Å². The Labute approximate surface area is 119 Å². The highest BCUT2D eigenvalue weighted by Gasteiger charge is 2.33. The Morgan fingerprint density at radius 3 is 2.20 bits per heavy atom. The van der Waals surface area contributed by atoms with Crippen LogP contribution in [0.1, 0.15) is 33.6 Å². The quantitative estimate of drug-likeness (QED) is 0.766. The Morgan fingerprint density at radius 2 is 1.75 bits per heavy atom. The number of ether oxygens (including phenoxy) is 1. The molecule has 2 unspecified atom stereocenters. The van der Waals surface area contributed by atoms with E-state index in [1.54, 1.807) is 18.7 Å². The first-order valence-corrected chi connectivity index (χ1v) is 7.06. The van der Waals surface area contributed by atoms with Crippen molar-refractivity contribution in [2.75, 3.05) is 19.7 Å². The Kier molecular flexibility index (Phi) is 5.98. The average molecular weight is 285 g/mol. The fourth-order valence-electron chi connectivity index (χ4n) is 2.31. The van der Waals surface area contributed by atoms with Gasteiger partial charge in [-0.05, 0) is 19.8 Å². The zero-order valence-corrected chi connectivity index (χ0v) is 12.3. The van der Waals surface area contributed by atoms with Gasteiger partial charge in [0.2, 0.25) is 5.91 Å². The first-order chi connectivity index (χ1) is 9.38. The van der Waals surface area contributed by atoms with Crippen LogP contribution in [0.3, 0.4) is 0 Å². The molecule has 0 radical (unpaired) electrons. The van der Waals surface area contributed by atoms with E-state index in [0.29, 0.717) is 32.5 Å². The Morgan fingerprint density at radius 1 is 1.20 bits per heavy atom. The van der Waals surface area contributed by atoms with Crippen molar-refractivity contribution in [3.8, 4) is 0 Å². The van der Waals surface area contributed by atoms with Crippen molar-refractivity contribution in [1.29, 1.82) is 0 Å². The molecular weight excluding hydrogens is 262 g/mol. The van der Waals surface area contributed by atoms with E-state index in [4.69, 9.17) is 9.84 Å². The number of hydrogen-bond acceptors (Lipinski definition) is 4. The summed E-state index contributed by atoms with van der Waals surface area (Å²) in [5.41, 5.74) is 0. The smallest absolute Gasteiger partial charge is 0.309 e. The molecule has 0 saturated carbocycles. The van der Waals surface area contributed by atoms with Crippen LogP contribution in [0.25, 0.3) is 0 Å². The van der Waals surface area contributed by atoms with Crippen LogP contribution >= 0.6 is 0 Å². The number of carboxylic acids is 1. The number of rotatable bonds is 5. The third-order valence-electron chi connectivity index (χ3n) is 3.96. The van der Waals surface area contributed by atoms with E-state index in [9.17, 15) is 14.4 Å². The second kappa shape index (κ2) is 7.26. The van der Waals surface area contributed by atoms with Gasteiger partial charge < -0.3 is 14.7 Å². The second-order valence-electron chi connectivity index (χ2n) is 5.27. The van der Waals surface area contributed by atoms with Crippen molar-refractivity contribution < 1.29 is 24.2 Å². The molecule has 1 aliphatic heterocycles. The van der Waals surface area contributed by atoms with Crippen molar-refractivity contribution in [2.45, 2.75) is 33.6 Å². The van der Waals surface area contributed by atoms with E-state index in [1.165, 1.54) is 6.92 Å². The van der Waals surface area contributed by atoms with E-state index >= 15 is 0 Å². The molecule has 0 bridgehead atoms. The molecule has 1 fully saturated rings. The number of carbonyl (C=O) groups is 3. The number of hydrogen-bond donors (Lipinski definition) is 1. The summed E-state index contributed by atoms with van der Waals surface area (Å²) in [5.74, 6) is -2.72. The molecule has 6 heteroatoms. The molecule has 1 amide bonds. The normalized spacial score (nSPS) is 19.2. The molecule has 1 N–H and O–H groups in total. The Balaban J connectivity index is 2.50. The van der Waals surface area contributed by atoms with E-state index in [1.807, 2.05) is 0 Å². The number of amides is 1. The molecule has 20 heavy (non-hydrogen) atoms. The summed E-state index contributed by atoms with van der Waals surface area (Å²) in [6, 6.07) is 0. The van der Waals surface area contributed by atoms with Crippen molar-refractivity contribution >= 4 is 17.8 Å². The number of piperidine rings is 1. The zero-order chi connectivity index (χ0) is 15.3. The summed E-state index contributed by atoms with van der Waals surface area (Å²) in [5, 5.41) is 8.94. The third-order valence-corrected chi connectivity index (χ3v) is 3.96. The highest BCUT2D eigenvalue weighted by molar-refractivity contribution is 5.84. The summed E-state index contributed by atoms with van der Waals surface area (Å²) in [7, 11) is 0. The van der Waals surface area contributed by atoms with Crippen LogP contribution in [0.5, 0.6) is 0 Å². The largest absolute Gasteiger partial charge is 0.481 e. The van der Waals surface area contributed by atoms with Gasteiger partial charge in [-0.3, -0.25) is 14.4 Å². The van der Waals surface area contributed by atoms with Crippen LogP contribution in [0, 0.1) is 17.8 Å². The maximum atomic E-state index is 12.2. The fraction of sp³-hybridized carbons (Fsp3) is 0.786. The van der Waals surface area contributed by atoms with Gasteiger partial charge in [0.15, 0.2) is 0 Å². The summed E-state index contributed by atoms with van der Waals surface area (Å²) >= 11 is 0. The van der Waals surface area contributed by atoms with E-state index in [0.717, 1.165) is 0 Å². The maximum absolute atomic E-state index is 12.2. The van der Waals surface area contributed by atoms with E-state index in [-0.39, 0.29) is 17.8 Å². The third kappa shape index (κ3) is 3.95. The van der Waals surface area contributed by atoms with Crippen molar-refractivity contribution in [3.63, 3.8) is 0 Å². The first-order valence-electron chi connectivity index (χ1n) is 7.06. The lowest BCUT2D eigenvalue weighted by molar-refractivity contribution is -0.153. The number of carbonyl (C=O) groups excluding carboxylic acids is 2. The average Bonchev–Trinajstić information content (AvgIpc) is 2.45. The predicted molar refractivity (Wildman–Crippen MR) is 71.9 cm³/mol. The van der Waals surface area contributed by atoms with Crippen LogP contribution in [-0.4, -0.2) is 47.5 Å². The lowest BCUT2D eigenvalue weighted by Crippen LogP contribution is -2.44. The summed E-state index contributed by atoms with van der Waals surface area (Å²) in [4.78, 5) is 36.4. The molecule has 1 rings (SSSR count). The number of carboxylic acid groups (broad SMARTS) is 1. The van der Waals surface area contributed by atoms with Crippen LogP contribution in [0.4, 0.5) is 0 Å². The van der Waals surface area contributed by atoms with Crippen molar-refractivity contribution in [1.82, 2.24) is 4.90 Å². The van der Waals surface area contributed by atoms with Crippen molar-refractivity contribution in [2.24, 2.45) is 17.8 Å². The maximum Gasteiger partial charge on any atom is 0.309 e. The number of nitrogens with zero attached hydrogens (tertiary/aromatic N) is 1. The number of esters is 1. The topological polar surface area (TPSA) is 83.9 Å². The molecule has 0 aromatic heterocycles. The molecular formula is C14H23NO5. The van der Waals surface area contributed by atoms with Gasteiger partial charge in [0.05, 0.1) is 18.4 Å². The highest BCUT2D eigenvalue weighted by Crippen LogP contribution is 2.22. The van der Waals surface area contributed by atoms with Gasteiger partial charge in [-0.15, -0.1) is 0 Å². The van der Waals surface area contributed by atoms with Crippen molar-refractivity contribution in [3.05, 3.63) is 0 Å². The minimum Gasteiger partial charge on any atom is -0.481 e. The van der Waals surface area contributed by atoms with Crippen LogP contribution < -0.4 is 0 Å². The molecule has 0 spiro atoms. The van der Waals surface area contributed by atoms with Gasteiger partial charge in [0.25, 0.3) is 0 Å². The van der Waals surface area contributed by atoms with E-state index in [2.05, 4.69) is 0 Å². The molecule has 1 heterocycles. The van der Waals surface area contributed by atoms with Gasteiger partial charge in [-0.2, -0.15) is 0 Å². The molecule has 0 aromatic carbocycles. The first kappa shape index (κ1) is 16.5. The van der Waals surface area contributed by atoms with E-state index < -0.39 is 17.8 Å². The molecule has 1 saturated heterocycles. The predicted octanol–water partition coefficient (Wildman–Crippen LogP) is 1.14. The zero-order valence-electron chi connectivity index (χ0n) is 12.3. The number of likely N-dealkylation sites (tertiary alicyclic amines) is 1. The minimum absolute atomic E-state index is 0.147. The molecule has 114 valence electrons. The Bertz CT molecular complexity index is 374. The molecule has 1 aliphatic rings. The van der Waals surface area contributed by atoms with Gasteiger partial charge in [0.1, 0.15) is 0 Å². The monoisotopic (exact) mass is 285 g/mol. The van der Waals surface area contributed by atoms with Crippen LogP contribution in [0.15, 0.2) is 0 Å². The highest BCUT2D eigenvalue weighted by atomic mass is 16.5. The minimum atomic E-state index is -0.966. The van der Waals surface area contributed by atoms with Crippen LogP contribution in [-0.2, 0) is 19.1 Å². The SMILES string of the molecule is CCOC(=O)C1CCN(C(=O)C(C)C(C)C(=O)O)CC1. The molecule has 6 nitrogen and oxygen atoms in total. The summed E-state index contributed by atoms with van der Waals surface area (Å²) in [6.07, 6.45) is 1.16. The van der Waals surface area contributed by atoms with Gasteiger partial charge in [-0.1, -0.05) is 13.8 Å². The fourth-order valence-corrected chi connectivity index (χ4v) is 2.31. The van der Waals surface area contributed by atoms with Crippen LogP contribution in [0.2, 0.25) is 0 Å². The molecule has 0 aromatic rings. The lowest BCUT2D eigenvalue weighted by Gasteiger charge is -2.33. The number of aliphatic carboxylic acids is 1. The molecule has 0 aliphatic carbocycles. The Hall–Kier alpha value is -1.59. The summed E-state index contributed by atoms with van der Waals surface area (Å²) < 4.78 is 4.97. The molecule has 2 atom stereocenters. The second-order valence-corrected chi connectivity index (χ2v) is 5.27. The van der Waals surface area contributed by atoms with Gasteiger partial charge >= 0.3 is 11.9 Å². The lowest BCUT2D eigenvalue weighted by atomic mass is 9.92. The van der Waals surface area contributed by atoms with Gasteiger partial charge in [0, 0.05) is 19.0 Å².